The second kappa shape index (κ2) is 9.17. The summed E-state index contributed by atoms with van der Waals surface area (Å²) in [6, 6.07) is 6.53. The van der Waals surface area contributed by atoms with Crippen LogP contribution in [0.15, 0.2) is 29.3 Å². The van der Waals surface area contributed by atoms with Crippen LogP contribution in [-0.4, -0.2) is 29.9 Å². The molecule has 4 nitrogen and oxygen atoms in total. The number of rotatable bonds is 4. The van der Waals surface area contributed by atoms with Gasteiger partial charge in [0.1, 0.15) is 5.82 Å². The summed E-state index contributed by atoms with van der Waals surface area (Å²) >= 11 is 1.70. The summed E-state index contributed by atoms with van der Waals surface area (Å²) in [6.07, 6.45) is 0. The number of thiazole rings is 1. The van der Waals surface area contributed by atoms with Crippen LogP contribution in [0.25, 0.3) is 0 Å². The van der Waals surface area contributed by atoms with E-state index in [1.165, 1.54) is 17.0 Å². The van der Waals surface area contributed by atoms with E-state index >= 15 is 0 Å². The number of hydrogen-bond acceptors (Lipinski definition) is 3. The molecular formula is C16H22FIN4S. The van der Waals surface area contributed by atoms with Gasteiger partial charge in [-0.3, -0.25) is 4.99 Å². The summed E-state index contributed by atoms with van der Waals surface area (Å²) in [6.45, 7) is 5.40. The van der Waals surface area contributed by atoms with Crippen molar-refractivity contribution in [2.24, 2.45) is 4.99 Å². The van der Waals surface area contributed by atoms with Gasteiger partial charge in [-0.05, 0) is 31.5 Å². The molecule has 2 aromatic rings. The predicted molar refractivity (Wildman–Crippen MR) is 105 cm³/mol. The number of aryl methyl sites for hydroxylation is 2. The van der Waals surface area contributed by atoms with Gasteiger partial charge in [-0.2, -0.15) is 0 Å². The van der Waals surface area contributed by atoms with Gasteiger partial charge in [0, 0.05) is 25.5 Å². The molecule has 1 aromatic carbocycles. The fourth-order valence-electron chi connectivity index (χ4n) is 2.22. The van der Waals surface area contributed by atoms with Crippen LogP contribution in [0, 0.1) is 19.7 Å². The van der Waals surface area contributed by atoms with Crippen LogP contribution in [-0.2, 0) is 13.1 Å². The lowest BCUT2D eigenvalue weighted by Crippen LogP contribution is -2.38. The maximum absolute atomic E-state index is 12.9. The second-order valence-corrected chi connectivity index (χ2v) is 6.41. The van der Waals surface area contributed by atoms with Gasteiger partial charge in [-0.25, -0.2) is 9.37 Å². The van der Waals surface area contributed by atoms with Crippen LogP contribution in [0.4, 0.5) is 4.39 Å². The van der Waals surface area contributed by atoms with Crippen molar-refractivity contribution in [3.05, 3.63) is 51.2 Å². The molecule has 126 valence electrons. The maximum Gasteiger partial charge on any atom is 0.193 e. The first kappa shape index (κ1) is 19.8. The van der Waals surface area contributed by atoms with Crippen LogP contribution < -0.4 is 5.32 Å². The Hall–Kier alpha value is -1.22. The fourth-order valence-corrected chi connectivity index (χ4v) is 3.10. The molecule has 1 heterocycles. The lowest BCUT2D eigenvalue weighted by atomic mass is 10.2. The summed E-state index contributed by atoms with van der Waals surface area (Å²) in [7, 11) is 3.72. The van der Waals surface area contributed by atoms with E-state index in [4.69, 9.17) is 0 Å². The third kappa shape index (κ3) is 5.72. The summed E-state index contributed by atoms with van der Waals surface area (Å²) in [5, 5.41) is 4.42. The Labute approximate surface area is 157 Å². The van der Waals surface area contributed by atoms with E-state index in [0.29, 0.717) is 13.1 Å². The minimum atomic E-state index is -0.218. The minimum absolute atomic E-state index is 0. The maximum atomic E-state index is 12.9. The molecule has 0 aliphatic carbocycles. The summed E-state index contributed by atoms with van der Waals surface area (Å²) in [5.41, 5.74) is 2.10. The molecule has 0 atom stereocenters. The van der Waals surface area contributed by atoms with Crippen molar-refractivity contribution >= 4 is 41.3 Å². The van der Waals surface area contributed by atoms with Gasteiger partial charge in [0.05, 0.1) is 17.2 Å². The molecule has 0 aliphatic heterocycles. The highest BCUT2D eigenvalue weighted by molar-refractivity contribution is 14.0. The summed E-state index contributed by atoms with van der Waals surface area (Å²) in [4.78, 5) is 11.9. The molecule has 0 spiro atoms. The van der Waals surface area contributed by atoms with Crippen molar-refractivity contribution in [3.8, 4) is 0 Å². The zero-order valence-electron chi connectivity index (χ0n) is 13.8. The van der Waals surface area contributed by atoms with Gasteiger partial charge >= 0.3 is 0 Å². The Kier molecular flexibility index (Phi) is 7.90. The molecule has 0 bridgehead atoms. The number of hydrogen-bond donors (Lipinski definition) is 1. The average molecular weight is 448 g/mol. The van der Waals surface area contributed by atoms with Crippen LogP contribution in [0.3, 0.4) is 0 Å². The average Bonchev–Trinajstić information content (AvgIpc) is 2.80. The van der Waals surface area contributed by atoms with Gasteiger partial charge in [-0.1, -0.05) is 12.1 Å². The van der Waals surface area contributed by atoms with Crippen molar-refractivity contribution in [1.29, 1.82) is 0 Å². The van der Waals surface area contributed by atoms with Gasteiger partial charge in [0.25, 0.3) is 0 Å². The van der Waals surface area contributed by atoms with E-state index < -0.39 is 0 Å². The first-order chi connectivity index (χ1) is 10.5. The van der Waals surface area contributed by atoms with E-state index in [-0.39, 0.29) is 29.8 Å². The number of nitrogens with one attached hydrogen (secondary N) is 1. The van der Waals surface area contributed by atoms with Gasteiger partial charge in [0.2, 0.25) is 0 Å². The van der Waals surface area contributed by atoms with E-state index in [1.54, 1.807) is 30.5 Å². The number of nitrogens with zero attached hydrogens (tertiary/aromatic N) is 3. The van der Waals surface area contributed by atoms with Crippen molar-refractivity contribution in [3.63, 3.8) is 0 Å². The Balaban J connectivity index is 0.00000264. The monoisotopic (exact) mass is 448 g/mol. The van der Waals surface area contributed by atoms with Crippen LogP contribution in [0.5, 0.6) is 0 Å². The van der Waals surface area contributed by atoms with Crippen molar-refractivity contribution in [2.45, 2.75) is 26.9 Å². The Bertz CT molecular complexity index is 655. The van der Waals surface area contributed by atoms with E-state index in [2.05, 4.69) is 15.3 Å². The largest absolute Gasteiger partial charge is 0.351 e. The number of benzene rings is 1. The smallest absolute Gasteiger partial charge is 0.193 e. The molecule has 1 N–H and O–H groups in total. The normalized spacial score (nSPS) is 11.1. The zero-order valence-corrected chi connectivity index (χ0v) is 16.9. The SMILES string of the molecule is CN=C(NCc1sc(C)nc1C)N(C)Cc1ccc(F)cc1.I. The molecule has 0 unspecified atom stereocenters. The standard InChI is InChI=1S/C16H21FN4S.HI/c1-11-15(22-12(2)20-11)9-19-16(18-3)21(4)10-13-5-7-14(17)8-6-13;/h5-8H,9-10H2,1-4H3,(H,18,19);1H. The Morgan fingerprint density at radius 1 is 1.30 bits per heavy atom. The van der Waals surface area contributed by atoms with Crippen LogP contribution >= 0.6 is 35.3 Å². The molecule has 0 radical (unpaired) electrons. The summed E-state index contributed by atoms with van der Waals surface area (Å²) < 4.78 is 12.9. The molecular weight excluding hydrogens is 426 g/mol. The number of aliphatic imine (C=N–C) groups is 1. The van der Waals surface area contributed by atoms with Crippen molar-refractivity contribution in [1.82, 2.24) is 15.2 Å². The van der Waals surface area contributed by atoms with Crippen molar-refractivity contribution < 1.29 is 4.39 Å². The molecule has 0 aliphatic rings. The Morgan fingerprint density at radius 3 is 2.48 bits per heavy atom. The fraction of sp³-hybridized carbons (Fsp3) is 0.375. The molecule has 0 fully saturated rings. The predicted octanol–water partition coefficient (Wildman–Crippen LogP) is 3.72. The van der Waals surface area contributed by atoms with Crippen LogP contribution in [0.2, 0.25) is 0 Å². The molecule has 0 saturated carbocycles. The lowest BCUT2D eigenvalue weighted by Gasteiger charge is -2.22. The third-order valence-corrected chi connectivity index (χ3v) is 4.39. The zero-order chi connectivity index (χ0) is 16.1. The highest BCUT2D eigenvalue weighted by Gasteiger charge is 2.09. The topological polar surface area (TPSA) is 40.5 Å². The molecule has 2 rings (SSSR count). The van der Waals surface area contributed by atoms with E-state index in [1.807, 2.05) is 25.8 Å². The highest BCUT2D eigenvalue weighted by Crippen LogP contribution is 2.16. The second-order valence-electron chi connectivity index (χ2n) is 5.12. The molecule has 1 aromatic heterocycles. The van der Waals surface area contributed by atoms with Crippen molar-refractivity contribution in [2.75, 3.05) is 14.1 Å². The number of halogens is 2. The first-order valence-corrected chi connectivity index (χ1v) is 7.90. The third-order valence-electron chi connectivity index (χ3n) is 3.31. The van der Waals surface area contributed by atoms with Gasteiger partial charge in [0.15, 0.2) is 5.96 Å². The highest BCUT2D eigenvalue weighted by atomic mass is 127. The number of aromatic nitrogens is 1. The quantitative estimate of drug-likeness (QED) is 0.441. The van der Waals surface area contributed by atoms with E-state index in [9.17, 15) is 4.39 Å². The molecule has 23 heavy (non-hydrogen) atoms. The molecule has 0 amide bonds. The lowest BCUT2D eigenvalue weighted by molar-refractivity contribution is 0.476. The van der Waals surface area contributed by atoms with Gasteiger partial charge < -0.3 is 10.2 Å². The molecule has 7 heteroatoms. The summed E-state index contributed by atoms with van der Waals surface area (Å²) in [5.74, 6) is 0.583. The van der Waals surface area contributed by atoms with Crippen LogP contribution in [0.1, 0.15) is 21.1 Å². The van der Waals surface area contributed by atoms with Gasteiger partial charge in [-0.15, -0.1) is 35.3 Å². The van der Waals surface area contributed by atoms with E-state index in [0.717, 1.165) is 22.2 Å². The molecule has 0 saturated heterocycles. The minimum Gasteiger partial charge on any atom is -0.351 e. The first-order valence-electron chi connectivity index (χ1n) is 7.08. The Morgan fingerprint density at radius 2 is 1.96 bits per heavy atom. The number of guanidine groups is 1.